The van der Waals surface area contributed by atoms with E-state index >= 15 is 0 Å². The molecule has 6 heteroatoms. The second-order valence-corrected chi connectivity index (χ2v) is 5.00. The predicted molar refractivity (Wildman–Crippen MR) is 96.8 cm³/mol. The third-order valence-electron chi connectivity index (χ3n) is 3.64. The van der Waals surface area contributed by atoms with Crippen LogP contribution in [0.25, 0.3) is 0 Å². The van der Waals surface area contributed by atoms with Crippen LogP contribution in [0.1, 0.15) is 0 Å². The van der Waals surface area contributed by atoms with Gasteiger partial charge in [-0.05, 0) is 36.4 Å². The van der Waals surface area contributed by atoms with Gasteiger partial charge in [0, 0.05) is 30.7 Å². The van der Waals surface area contributed by atoms with Gasteiger partial charge in [-0.1, -0.05) is 0 Å². The summed E-state index contributed by atoms with van der Waals surface area (Å²) in [7, 11) is 6.77. The fourth-order valence-corrected chi connectivity index (χ4v) is 2.23. The third-order valence-corrected chi connectivity index (χ3v) is 3.64. The van der Waals surface area contributed by atoms with Crippen molar-refractivity contribution in [3.8, 4) is 17.2 Å². The smallest absolute Gasteiger partial charge is 0.162 e. The summed E-state index contributed by atoms with van der Waals surface area (Å²) in [5.41, 5.74) is 7.61. The van der Waals surface area contributed by atoms with Crippen LogP contribution in [0.3, 0.4) is 0 Å². The molecule has 24 heavy (non-hydrogen) atoms. The van der Waals surface area contributed by atoms with Crippen LogP contribution in [0.15, 0.2) is 54.5 Å². The van der Waals surface area contributed by atoms with E-state index in [0.717, 1.165) is 22.9 Å². The zero-order valence-corrected chi connectivity index (χ0v) is 14.4. The van der Waals surface area contributed by atoms with Crippen molar-refractivity contribution in [1.82, 2.24) is 0 Å². The van der Waals surface area contributed by atoms with E-state index in [1.54, 1.807) is 21.3 Å². The van der Waals surface area contributed by atoms with Gasteiger partial charge in [-0.25, -0.2) is 0 Å². The number of nitrogens with zero attached hydrogens (tertiary/aromatic N) is 1. The number of nitrogens with one attached hydrogen (secondary N) is 1. The quantitative estimate of drug-likeness (QED) is 0.814. The van der Waals surface area contributed by atoms with Gasteiger partial charge in [0.2, 0.25) is 0 Å². The van der Waals surface area contributed by atoms with Crippen LogP contribution < -0.4 is 30.2 Å². The van der Waals surface area contributed by atoms with Gasteiger partial charge in [0.25, 0.3) is 0 Å². The molecule has 0 saturated carbocycles. The normalized spacial score (nSPS) is 10.9. The standard InChI is InChI=1S/C18H23N3O3/c1-21(14-7-10-16(23-3)17(11-14)24-4)18(12-19)20-13-5-8-15(22-2)9-6-13/h5-12,20H,19H2,1-4H3/b18-12+. The summed E-state index contributed by atoms with van der Waals surface area (Å²) in [6.07, 6.45) is 1.51. The molecule has 0 bridgehead atoms. The Balaban J connectivity index is 2.20. The van der Waals surface area contributed by atoms with Gasteiger partial charge >= 0.3 is 0 Å². The van der Waals surface area contributed by atoms with E-state index in [-0.39, 0.29) is 0 Å². The van der Waals surface area contributed by atoms with Gasteiger partial charge in [0.15, 0.2) is 11.5 Å². The van der Waals surface area contributed by atoms with Crippen LogP contribution >= 0.6 is 0 Å². The molecule has 2 aromatic rings. The number of nitrogens with two attached hydrogens (primary N) is 1. The molecular weight excluding hydrogens is 306 g/mol. The highest BCUT2D eigenvalue weighted by Crippen LogP contribution is 2.32. The molecule has 0 amide bonds. The summed E-state index contributed by atoms with van der Waals surface area (Å²) in [5, 5.41) is 3.28. The van der Waals surface area contributed by atoms with Gasteiger partial charge < -0.3 is 30.2 Å². The molecule has 0 aliphatic rings. The zero-order chi connectivity index (χ0) is 17.5. The van der Waals surface area contributed by atoms with Gasteiger partial charge in [0.1, 0.15) is 11.6 Å². The molecule has 0 atom stereocenters. The maximum absolute atomic E-state index is 5.79. The van der Waals surface area contributed by atoms with Crippen LogP contribution in [0, 0.1) is 0 Å². The molecule has 0 fully saturated rings. The molecular formula is C18H23N3O3. The molecule has 0 aliphatic heterocycles. The van der Waals surface area contributed by atoms with Gasteiger partial charge in [-0.3, -0.25) is 0 Å². The topological polar surface area (TPSA) is 69.0 Å². The van der Waals surface area contributed by atoms with Crippen LogP contribution in [-0.2, 0) is 0 Å². The average molecular weight is 329 g/mol. The summed E-state index contributed by atoms with van der Waals surface area (Å²) >= 11 is 0. The summed E-state index contributed by atoms with van der Waals surface area (Å²) in [4.78, 5) is 1.92. The summed E-state index contributed by atoms with van der Waals surface area (Å²) in [6.45, 7) is 0. The first-order valence-electron chi connectivity index (χ1n) is 7.41. The fraction of sp³-hybridized carbons (Fsp3) is 0.222. The molecule has 0 aliphatic carbocycles. The molecule has 6 nitrogen and oxygen atoms in total. The van der Waals surface area contributed by atoms with Crippen molar-refractivity contribution in [2.45, 2.75) is 0 Å². The van der Waals surface area contributed by atoms with Crippen LogP contribution in [0.4, 0.5) is 11.4 Å². The lowest BCUT2D eigenvalue weighted by Gasteiger charge is -2.24. The van der Waals surface area contributed by atoms with Crippen molar-refractivity contribution in [2.24, 2.45) is 5.73 Å². The molecule has 2 aromatic carbocycles. The number of rotatable bonds is 7. The Morgan fingerprint density at radius 3 is 2.17 bits per heavy atom. The second-order valence-electron chi connectivity index (χ2n) is 5.00. The monoisotopic (exact) mass is 329 g/mol. The number of hydrogen-bond acceptors (Lipinski definition) is 6. The van der Waals surface area contributed by atoms with E-state index in [9.17, 15) is 0 Å². The number of anilines is 2. The fourth-order valence-electron chi connectivity index (χ4n) is 2.23. The van der Waals surface area contributed by atoms with Crippen molar-refractivity contribution in [2.75, 3.05) is 38.6 Å². The lowest BCUT2D eigenvalue weighted by molar-refractivity contribution is 0.355. The SMILES string of the molecule is COc1ccc(N/C(=C\N)N(C)c2ccc(OC)c(OC)c2)cc1. The second kappa shape index (κ2) is 8.01. The van der Waals surface area contributed by atoms with E-state index in [2.05, 4.69) is 5.32 Å². The molecule has 2 rings (SSSR count). The molecule has 0 spiro atoms. The highest BCUT2D eigenvalue weighted by atomic mass is 16.5. The molecule has 128 valence electrons. The summed E-state index contributed by atoms with van der Waals surface area (Å²) < 4.78 is 15.8. The Morgan fingerprint density at radius 1 is 0.958 bits per heavy atom. The predicted octanol–water partition coefficient (Wildman–Crippen LogP) is 3.02. The minimum atomic E-state index is 0.655. The Hall–Kier alpha value is -3.02. The number of benzene rings is 2. The first-order valence-corrected chi connectivity index (χ1v) is 7.41. The number of ether oxygens (including phenoxy) is 3. The van der Waals surface area contributed by atoms with Crippen molar-refractivity contribution >= 4 is 11.4 Å². The highest BCUT2D eigenvalue weighted by molar-refractivity contribution is 5.62. The van der Waals surface area contributed by atoms with Gasteiger partial charge in [-0.2, -0.15) is 0 Å². The molecule has 0 heterocycles. The van der Waals surface area contributed by atoms with Gasteiger partial charge in [-0.15, -0.1) is 0 Å². The minimum absolute atomic E-state index is 0.655. The Morgan fingerprint density at radius 2 is 1.62 bits per heavy atom. The van der Waals surface area contributed by atoms with E-state index in [1.165, 1.54) is 6.20 Å². The molecule has 3 N–H and O–H groups in total. The Kier molecular flexibility index (Phi) is 5.78. The molecule has 0 radical (unpaired) electrons. The van der Waals surface area contributed by atoms with Gasteiger partial charge in [0.05, 0.1) is 21.3 Å². The van der Waals surface area contributed by atoms with Crippen molar-refractivity contribution < 1.29 is 14.2 Å². The van der Waals surface area contributed by atoms with Crippen LogP contribution in [-0.4, -0.2) is 28.4 Å². The first kappa shape index (κ1) is 17.3. The average Bonchev–Trinajstić information content (AvgIpc) is 2.65. The lowest BCUT2D eigenvalue weighted by atomic mass is 10.2. The van der Waals surface area contributed by atoms with E-state index in [4.69, 9.17) is 19.9 Å². The van der Waals surface area contributed by atoms with E-state index in [0.29, 0.717) is 11.5 Å². The summed E-state index contributed by atoms with van der Waals surface area (Å²) in [6, 6.07) is 13.3. The molecule has 0 aromatic heterocycles. The third kappa shape index (κ3) is 3.84. The van der Waals surface area contributed by atoms with Crippen LogP contribution in [0.2, 0.25) is 0 Å². The van der Waals surface area contributed by atoms with E-state index in [1.807, 2.05) is 54.4 Å². The summed E-state index contributed by atoms with van der Waals surface area (Å²) in [5.74, 6) is 2.86. The highest BCUT2D eigenvalue weighted by Gasteiger charge is 2.11. The largest absolute Gasteiger partial charge is 0.497 e. The maximum atomic E-state index is 5.79. The lowest BCUT2D eigenvalue weighted by Crippen LogP contribution is -2.23. The minimum Gasteiger partial charge on any atom is -0.497 e. The van der Waals surface area contributed by atoms with Crippen molar-refractivity contribution in [1.29, 1.82) is 0 Å². The Bertz CT molecular complexity index is 699. The van der Waals surface area contributed by atoms with Crippen molar-refractivity contribution in [3.63, 3.8) is 0 Å². The van der Waals surface area contributed by atoms with E-state index < -0.39 is 0 Å². The Labute approximate surface area is 142 Å². The first-order chi connectivity index (χ1) is 11.6. The number of methoxy groups -OCH3 is 3. The molecule has 0 saturated heterocycles. The number of hydrogen-bond donors (Lipinski definition) is 2. The van der Waals surface area contributed by atoms with Crippen LogP contribution in [0.5, 0.6) is 17.2 Å². The zero-order valence-electron chi connectivity index (χ0n) is 14.4. The molecule has 0 unspecified atom stereocenters. The van der Waals surface area contributed by atoms with Crippen molar-refractivity contribution in [3.05, 3.63) is 54.5 Å². The maximum Gasteiger partial charge on any atom is 0.162 e.